The Labute approximate surface area is 97.3 Å². The normalized spacial score (nSPS) is 26.5. The van der Waals surface area contributed by atoms with Crippen LogP contribution in [-0.2, 0) is 4.74 Å². The number of nitrogens with one attached hydrogen (secondary N) is 1. The van der Waals surface area contributed by atoms with Crippen molar-refractivity contribution in [3.8, 4) is 0 Å². The van der Waals surface area contributed by atoms with E-state index in [0.717, 1.165) is 39.0 Å². The Balaban J connectivity index is 1.65. The van der Waals surface area contributed by atoms with E-state index in [1.807, 2.05) is 4.90 Å². The smallest absolute Gasteiger partial charge is 0.409 e. The first kappa shape index (κ1) is 11.7. The van der Waals surface area contributed by atoms with Crippen LogP contribution in [-0.4, -0.2) is 43.8 Å². The molecule has 2 saturated heterocycles. The van der Waals surface area contributed by atoms with E-state index in [0.29, 0.717) is 12.5 Å². The maximum atomic E-state index is 11.7. The molecule has 1 atom stereocenters. The molecule has 4 heteroatoms. The van der Waals surface area contributed by atoms with Crippen LogP contribution in [0, 0.1) is 5.92 Å². The molecule has 0 spiro atoms. The minimum atomic E-state index is -0.106. The van der Waals surface area contributed by atoms with Crippen LogP contribution in [0.25, 0.3) is 0 Å². The van der Waals surface area contributed by atoms with Gasteiger partial charge in [0.2, 0.25) is 0 Å². The van der Waals surface area contributed by atoms with E-state index in [-0.39, 0.29) is 6.09 Å². The van der Waals surface area contributed by atoms with E-state index in [1.165, 1.54) is 19.3 Å². The first-order valence-electron chi connectivity index (χ1n) is 6.48. The monoisotopic (exact) mass is 226 g/mol. The Kier molecular flexibility index (Phi) is 4.45. The number of ether oxygens (including phenoxy) is 1. The Morgan fingerprint density at radius 2 is 2.06 bits per heavy atom. The Bertz CT molecular complexity index is 221. The van der Waals surface area contributed by atoms with Gasteiger partial charge in [-0.15, -0.1) is 0 Å². The van der Waals surface area contributed by atoms with Crippen LogP contribution in [0.4, 0.5) is 4.79 Å². The fourth-order valence-corrected chi connectivity index (χ4v) is 2.42. The van der Waals surface area contributed by atoms with Gasteiger partial charge < -0.3 is 15.0 Å². The highest BCUT2D eigenvalue weighted by Crippen LogP contribution is 2.13. The number of nitrogens with zero attached hydrogens (tertiary/aromatic N) is 1. The van der Waals surface area contributed by atoms with Gasteiger partial charge in [0.15, 0.2) is 0 Å². The Morgan fingerprint density at radius 1 is 1.25 bits per heavy atom. The molecule has 4 nitrogen and oxygen atoms in total. The number of hydrogen-bond donors (Lipinski definition) is 1. The summed E-state index contributed by atoms with van der Waals surface area (Å²) in [6.45, 7) is 4.44. The zero-order valence-corrected chi connectivity index (χ0v) is 9.91. The van der Waals surface area contributed by atoms with E-state index in [2.05, 4.69) is 5.32 Å². The van der Waals surface area contributed by atoms with Crippen molar-refractivity contribution in [2.24, 2.45) is 5.92 Å². The third-order valence-electron chi connectivity index (χ3n) is 3.46. The van der Waals surface area contributed by atoms with Gasteiger partial charge >= 0.3 is 6.09 Å². The molecule has 1 N–H and O–H groups in total. The standard InChI is InChI=1S/C12H22N2O2/c15-12(14-7-2-1-3-8-14)16-10-11-5-4-6-13-9-11/h11,13H,1-10H2. The number of likely N-dealkylation sites (tertiary alicyclic amines) is 1. The third-order valence-corrected chi connectivity index (χ3v) is 3.46. The summed E-state index contributed by atoms with van der Waals surface area (Å²) in [6, 6.07) is 0. The molecule has 2 aliphatic rings. The largest absolute Gasteiger partial charge is 0.449 e. The van der Waals surface area contributed by atoms with Crippen LogP contribution >= 0.6 is 0 Å². The predicted octanol–water partition coefficient (Wildman–Crippen LogP) is 1.61. The fourth-order valence-electron chi connectivity index (χ4n) is 2.42. The van der Waals surface area contributed by atoms with E-state index in [9.17, 15) is 4.79 Å². The molecule has 2 fully saturated rings. The first-order valence-corrected chi connectivity index (χ1v) is 6.48. The molecule has 2 heterocycles. The van der Waals surface area contributed by atoms with Crippen LogP contribution in [0.15, 0.2) is 0 Å². The van der Waals surface area contributed by atoms with Crippen LogP contribution in [0.1, 0.15) is 32.1 Å². The summed E-state index contributed by atoms with van der Waals surface area (Å²) in [5.41, 5.74) is 0. The van der Waals surface area contributed by atoms with Crippen molar-refractivity contribution in [3.05, 3.63) is 0 Å². The molecule has 16 heavy (non-hydrogen) atoms. The van der Waals surface area contributed by atoms with Gasteiger partial charge in [-0.05, 0) is 38.6 Å². The molecule has 0 aromatic carbocycles. The molecular weight excluding hydrogens is 204 g/mol. The third kappa shape index (κ3) is 3.37. The van der Waals surface area contributed by atoms with E-state index in [4.69, 9.17) is 4.74 Å². The summed E-state index contributed by atoms with van der Waals surface area (Å²) in [4.78, 5) is 13.6. The lowest BCUT2D eigenvalue weighted by Crippen LogP contribution is -2.38. The first-order chi connectivity index (χ1) is 7.86. The second kappa shape index (κ2) is 6.09. The van der Waals surface area contributed by atoms with Crippen molar-refractivity contribution in [3.63, 3.8) is 0 Å². The summed E-state index contributed by atoms with van der Waals surface area (Å²) in [5, 5.41) is 3.33. The fraction of sp³-hybridized carbons (Fsp3) is 0.917. The molecular formula is C12H22N2O2. The molecule has 1 amide bonds. The summed E-state index contributed by atoms with van der Waals surface area (Å²) in [6.07, 6.45) is 5.77. The van der Waals surface area contributed by atoms with Gasteiger partial charge in [0.05, 0.1) is 6.61 Å². The van der Waals surface area contributed by atoms with Gasteiger partial charge in [0.1, 0.15) is 0 Å². The zero-order chi connectivity index (χ0) is 11.2. The maximum Gasteiger partial charge on any atom is 0.409 e. The number of hydrogen-bond acceptors (Lipinski definition) is 3. The predicted molar refractivity (Wildman–Crippen MR) is 62.4 cm³/mol. The molecule has 0 radical (unpaired) electrons. The average molecular weight is 226 g/mol. The second-order valence-electron chi connectivity index (χ2n) is 4.84. The quantitative estimate of drug-likeness (QED) is 0.777. The lowest BCUT2D eigenvalue weighted by atomic mass is 10.0. The number of piperidine rings is 2. The number of carbonyl (C=O) groups excluding carboxylic acids is 1. The number of rotatable bonds is 2. The van der Waals surface area contributed by atoms with Crippen LogP contribution in [0.3, 0.4) is 0 Å². The van der Waals surface area contributed by atoms with Crippen molar-refractivity contribution < 1.29 is 9.53 Å². The summed E-state index contributed by atoms with van der Waals surface area (Å²) in [7, 11) is 0. The van der Waals surface area contributed by atoms with Crippen molar-refractivity contribution in [1.82, 2.24) is 10.2 Å². The lowest BCUT2D eigenvalue weighted by Gasteiger charge is -2.28. The van der Waals surface area contributed by atoms with Crippen molar-refractivity contribution in [2.75, 3.05) is 32.8 Å². The van der Waals surface area contributed by atoms with Crippen molar-refractivity contribution in [1.29, 1.82) is 0 Å². The molecule has 92 valence electrons. The van der Waals surface area contributed by atoms with E-state index < -0.39 is 0 Å². The average Bonchev–Trinajstić information content (AvgIpc) is 2.38. The van der Waals surface area contributed by atoms with Crippen LogP contribution in [0.5, 0.6) is 0 Å². The Hall–Kier alpha value is -0.770. The lowest BCUT2D eigenvalue weighted by molar-refractivity contribution is 0.0772. The van der Waals surface area contributed by atoms with Crippen LogP contribution in [0.2, 0.25) is 0 Å². The summed E-state index contributed by atoms with van der Waals surface area (Å²) in [5.74, 6) is 0.516. The molecule has 1 unspecified atom stereocenters. The van der Waals surface area contributed by atoms with Gasteiger partial charge in [-0.25, -0.2) is 4.79 Å². The SMILES string of the molecule is O=C(OCC1CCCNC1)N1CCCCC1. The minimum Gasteiger partial charge on any atom is -0.449 e. The van der Waals surface area contributed by atoms with Gasteiger partial charge in [0, 0.05) is 25.6 Å². The highest BCUT2D eigenvalue weighted by Gasteiger charge is 2.20. The molecule has 0 aromatic rings. The van der Waals surface area contributed by atoms with Crippen molar-refractivity contribution >= 4 is 6.09 Å². The number of carbonyl (C=O) groups is 1. The highest BCUT2D eigenvalue weighted by molar-refractivity contribution is 5.67. The topological polar surface area (TPSA) is 41.6 Å². The maximum absolute atomic E-state index is 11.7. The van der Waals surface area contributed by atoms with E-state index in [1.54, 1.807) is 0 Å². The van der Waals surface area contributed by atoms with Gasteiger partial charge in [-0.2, -0.15) is 0 Å². The summed E-state index contributed by atoms with van der Waals surface area (Å²) >= 11 is 0. The molecule has 0 saturated carbocycles. The molecule has 2 aliphatic heterocycles. The number of amides is 1. The van der Waals surface area contributed by atoms with Crippen LogP contribution < -0.4 is 5.32 Å². The van der Waals surface area contributed by atoms with E-state index >= 15 is 0 Å². The van der Waals surface area contributed by atoms with Crippen molar-refractivity contribution in [2.45, 2.75) is 32.1 Å². The molecule has 0 aromatic heterocycles. The van der Waals surface area contributed by atoms with Gasteiger partial charge in [-0.3, -0.25) is 0 Å². The summed E-state index contributed by atoms with van der Waals surface area (Å²) < 4.78 is 5.37. The zero-order valence-electron chi connectivity index (χ0n) is 9.91. The van der Waals surface area contributed by atoms with Gasteiger partial charge in [0.25, 0.3) is 0 Å². The molecule has 0 aliphatic carbocycles. The van der Waals surface area contributed by atoms with Gasteiger partial charge in [-0.1, -0.05) is 0 Å². The minimum absolute atomic E-state index is 0.106. The Morgan fingerprint density at radius 3 is 2.75 bits per heavy atom. The highest BCUT2D eigenvalue weighted by atomic mass is 16.6. The second-order valence-corrected chi connectivity index (χ2v) is 4.84. The molecule has 2 rings (SSSR count). The molecule has 0 bridgehead atoms.